The molecule has 8 nitrogen and oxygen atoms in total. The van der Waals surface area contributed by atoms with Gasteiger partial charge in [0.05, 0.1) is 12.5 Å². The highest BCUT2D eigenvalue weighted by Crippen LogP contribution is 2.18. The Morgan fingerprint density at radius 3 is 1.50 bits per heavy atom. The maximum atomic E-state index is 11.9. The average molecular weight is 377 g/mol. The molecule has 0 amide bonds. The second kappa shape index (κ2) is 7.26. The van der Waals surface area contributed by atoms with E-state index in [2.05, 4.69) is 0 Å². The Hall–Kier alpha value is -1.36. The van der Waals surface area contributed by atoms with Gasteiger partial charge in [0, 0.05) is 50.6 Å². The van der Waals surface area contributed by atoms with Crippen LogP contribution in [0.2, 0.25) is 0 Å². The molecule has 2 rings (SSSR count). The number of hydrogen-bond acceptors (Lipinski definition) is 6. The van der Waals surface area contributed by atoms with Gasteiger partial charge in [0.25, 0.3) is 0 Å². The highest BCUT2D eigenvalue weighted by Gasteiger charge is 2.25. The van der Waals surface area contributed by atoms with E-state index in [9.17, 15) is 16.8 Å². The fraction of sp³-hybridized carbons (Fsp3) is 0.571. The predicted octanol–water partition coefficient (Wildman–Crippen LogP) is -0.388. The third kappa shape index (κ3) is 5.07. The van der Waals surface area contributed by atoms with Crippen molar-refractivity contribution in [2.45, 2.75) is 0 Å². The summed E-state index contributed by atoms with van der Waals surface area (Å²) in [5, 5.41) is 0. The van der Waals surface area contributed by atoms with Crippen molar-refractivity contribution in [3.63, 3.8) is 0 Å². The van der Waals surface area contributed by atoms with Crippen LogP contribution in [0, 0.1) is 0 Å². The van der Waals surface area contributed by atoms with Crippen LogP contribution >= 0.6 is 0 Å². The average Bonchev–Trinajstić information content (AvgIpc) is 2.56. The van der Waals surface area contributed by atoms with E-state index in [4.69, 9.17) is 5.73 Å². The van der Waals surface area contributed by atoms with E-state index < -0.39 is 20.0 Å². The molecule has 1 aliphatic heterocycles. The quantitative estimate of drug-likeness (QED) is 0.721. The molecule has 1 aromatic carbocycles. The number of nitrogens with zero attached hydrogens (tertiary/aromatic N) is 3. The highest BCUT2D eigenvalue weighted by atomic mass is 32.2. The number of benzene rings is 1. The van der Waals surface area contributed by atoms with Gasteiger partial charge in [-0.1, -0.05) is 0 Å². The third-order valence-corrected chi connectivity index (χ3v) is 6.64. The first-order valence-corrected chi connectivity index (χ1v) is 11.3. The number of nitrogen functional groups attached to an aromatic ring is 1. The minimum atomic E-state index is -3.40. The van der Waals surface area contributed by atoms with Gasteiger partial charge >= 0.3 is 0 Å². The van der Waals surface area contributed by atoms with Crippen LogP contribution in [0.4, 0.5) is 11.4 Å². The van der Waals surface area contributed by atoms with Crippen molar-refractivity contribution < 1.29 is 16.8 Å². The molecule has 0 atom stereocenters. The summed E-state index contributed by atoms with van der Waals surface area (Å²) in [4.78, 5) is 1.97. The monoisotopic (exact) mass is 376 g/mol. The van der Waals surface area contributed by atoms with E-state index in [1.807, 2.05) is 17.0 Å². The molecule has 1 aliphatic rings. The molecule has 1 saturated heterocycles. The molecule has 0 radical (unpaired) electrons. The van der Waals surface area contributed by atoms with E-state index in [0.717, 1.165) is 18.2 Å². The van der Waals surface area contributed by atoms with Gasteiger partial charge in [0.15, 0.2) is 0 Å². The van der Waals surface area contributed by atoms with Crippen LogP contribution < -0.4 is 10.6 Å². The summed E-state index contributed by atoms with van der Waals surface area (Å²) in [7, 11) is -6.80. The summed E-state index contributed by atoms with van der Waals surface area (Å²) >= 11 is 0. The zero-order chi connectivity index (χ0) is 18.0. The summed E-state index contributed by atoms with van der Waals surface area (Å²) in [6.07, 6.45) is 2.28. The Kier molecular flexibility index (Phi) is 5.74. The first-order valence-electron chi connectivity index (χ1n) is 7.58. The lowest BCUT2D eigenvalue weighted by Crippen LogP contribution is -2.40. The second-order valence-corrected chi connectivity index (χ2v) is 9.87. The van der Waals surface area contributed by atoms with Gasteiger partial charge in [-0.15, -0.1) is 0 Å². The van der Waals surface area contributed by atoms with Crippen LogP contribution in [0.1, 0.15) is 0 Å². The predicted molar refractivity (Wildman–Crippen MR) is 95.9 cm³/mol. The first-order chi connectivity index (χ1) is 11.1. The zero-order valence-electron chi connectivity index (χ0n) is 13.9. The van der Waals surface area contributed by atoms with E-state index in [1.165, 1.54) is 8.61 Å². The number of rotatable bonds is 3. The highest BCUT2D eigenvalue weighted by molar-refractivity contribution is 7.88. The standard InChI is InChI=1S/C14H24N4O4S2/c1-23(19,20)17-9-7-16(14-5-3-13(15)4-6-14)8-10-18(12-11-17)24(2,21)22/h3-6H,7-12,15H2,1-2H3. The Balaban J connectivity index is 2.28. The molecule has 2 N–H and O–H groups in total. The molecule has 0 saturated carbocycles. The molecule has 24 heavy (non-hydrogen) atoms. The van der Waals surface area contributed by atoms with E-state index in [1.54, 1.807) is 12.1 Å². The lowest BCUT2D eigenvalue weighted by Gasteiger charge is -2.27. The largest absolute Gasteiger partial charge is 0.399 e. The molecular weight excluding hydrogens is 352 g/mol. The number of hydrogen-bond donors (Lipinski definition) is 1. The van der Waals surface area contributed by atoms with Gasteiger partial charge in [0.2, 0.25) is 20.0 Å². The smallest absolute Gasteiger partial charge is 0.211 e. The van der Waals surface area contributed by atoms with Crippen LogP contribution in [0.25, 0.3) is 0 Å². The minimum absolute atomic E-state index is 0.154. The fourth-order valence-corrected chi connectivity index (χ4v) is 4.28. The lowest BCUT2D eigenvalue weighted by molar-refractivity contribution is 0.368. The number of sulfonamides is 2. The summed E-state index contributed by atoms with van der Waals surface area (Å²) in [6, 6.07) is 7.24. The van der Waals surface area contributed by atoms with Crippen molar-refractivity contribution in [3.8, 4) is 0 Å². The van der Waals surface area contributed by atoms with Crippen LogP contribution in [0.5, 0.6) is 0 Å². The summed E-state index contributed by atoms with van der Waals surface area (Å²) < 4.78 is 50.4. The van der Waals surface area contributed by atoms with Gasteiger partial charge in [-0.25, -0.2) is 16.8 Å². The molecule has 0 aliphatic carbocycles. The maximum absolute atomic E-state index is 11.9. The molecule has 1 fully saturated rings. The van der Waals surface area contributed by atoms with E-state index in [0.29, 0.717) is 31.9 Å². The Labute approximate surface area is 143 Å². The minimum Gasteiger partial charge on any atom is -0.399 e. The Morgan fingerprint density at radius 2 is 1.12 bits per heavy atom. The van der Waals surface area contributed by atoms with Gasteiger partial charge in [-0.2, -0.15) is 8.61 Å². The first kappa shape index (κ1) is 19.0. The molecular formula is C14H24N4O4S2. The van der Waals surface area contributed by atoms with Crippen molar-refractivity contribution in [3.05, 3.63) is 24.3 Å². The molecule has 1 aromatic rings. The van der Waals surface area contributed by atoms with E-state index >= 15 is 0 Å². The van der Waals surface area contributed by atoms with Crippen molar-refractivity contribution >= 4 is 31.4 Å². The summed E-state index contributed by atoms with van der Waals surface area (Å²) in [5.74, 6) is 0. The number of anilines is 2. The van der Waals surface area contributed by atoms with Crippen molar-refractivity contribution in [2.24, 2.45) is 0 Å². The third-order valence-electron chi connectivity index (χ3n) is 4.03. The van der Waals surface area contributed by atoms with Gasteiger partial charge in [-0.05, 0) is 24.3 Å². The van der Waals surface area contributed by atoms with Crippen molar-refractivity contribution in [1.82, 2.24) is 8.61 Å². The van der Waals surface area contributed by atoms with Crippen LogP contribution in [0.3, 0.4) is 0 Å². The molecule has 136 valence electrons. The normalized spacial score (nSPS) is 19.5. The zero-order valence-corrected chi connectivity index (χ0v) is 15.6. The van der Waals surface area contributed by atoms with Gasteiger partial charge in [0.1, 0.15) is 0 Å². The van der Waals surface area contributed by atoms with Crippen LogP contribution in [-0.4, -0.2) is 77.2 Å². The Morgan fingerprint density at radius 1 is 0.750 bits per heavy atom. The maximum Gasteiger partial charge on any atom is 0.211 e. The van der Waals surface area contributed by atoms with Gasteiger partial charge in [-0.3, -0.25) is 0 Å². The van der Waals surface area contributed by atoms with Gasteiger partial charge < -0.3 is 10.6 Å². The molecule has 0 unspecified atom stereocenters. The van der Waals surface area contributed by atoms with Crippen LogP contribution in [-0.2, 0) is 20.0 Å². The topological polar surface area (TPSA) is 104 Å². The molecule has 0 aromatic heterocycles. The van der Waals surface area contributed by atoms with Crippen molar-refractivity contribution in [1.29, 1.82) is 0 Å². The number of nitrogens with two attached hydrogens (primary N) is 1. The lowest BCUT2D eigenvalue weighted by atomic mass is 10.2. The van der Waals surface area contributed by atoms with Crippen molar-refractivity contribution in [2.75, 3.05) is 62.4 Å². The molecule has 1 heterocycles. The second-order valence-electron chi connectivity index (χ2n) is 5.90. The fourth-order valence-electron chi connectivity index (χ4n) is 2.63. The molecule has 10 heteroatoms. The summed E-state index contributed by atoms with van der Waals surface area (Å²) in [6.45, 7) is 1.88. The van der Waals surface area contributed by atoms with E-state index in [-0.39, 0.29) is 13.1 Å². The molecule has 0 bridgehead atoms. The molecule has 0 spiro atoms. The van der Waals surface area contributed by atoms with Crippen LogP contribution in [0.15, 0.2) is 24.3 Å². The Bertz CT molecular complexity index is 718. The SMILES string of the molecule is CS(=O)(=O)N1CCN(c2ccc(N)cc2)CCN(S(C)(=O)=O)CC1. The summed E-state index contributed by atoms with van der Waals surface area (Å²) in [5.41, 5.74) is 7.22.